The van der Waals surface area contributed by atoms with Crippen LogP contribution in [0.2, 0.25) is 5.02 Å². The molecule has 2 amide bonds. The van der Waals surface area contributed by atoms with Gasteiger partial charge in [-0.05, 0) is 31.0 Å². The van der Waals surface area contributed by atoms with Crippen LogP contribution in [0.5, 0.6) is 0 Å². The van der Waals surface area contributed by atoms with Gasteiger partial charge >= 0.3 is 5.97 Å². The van der Waals surface area contributed by atoms with Crippen molar-refractivity contribution < 1.29 is 19.5 Å². The molecular weight excluding hydrogens is 308 g/mol. The molecule has 2 rings (SSSR count). The van der Waals surface area contributed by atoms with E-state index in [1.807, 2.05) is 0 Å². The number of rotatable bonds is 5. The summed E-state index contributed by atoms with van der Waals surface area (Å²) < 4.78 is 0. The summed E-state index contributed by atoms with van der Waals surface area (Å²) in [4.78, 5) is 34.4. The van der Waals surface area contributed by atoms with Crippen molar-refractivity contribution in [3.8, 4) is 0 Å². The first-order valence-electron chi connectivity index (χ1n) is 6.93. The quantitative estimate of drug-likeness (QED) is 0.776. The Kier molecular flexibility index (Phi) is 4.71. The van der Waals surface area contributed by atoms with Gasteiger partial charge in [0.1, 0.15) is 0 Å². The molecule has 0 unspecified atom stereocenters. The van der Waals surface area contributed by atoms with Gasteiger partial charge < -0.3 is 15.7 Å². The normalized spacial score (nSPS) is 15.5. The summed E-state index contributed by atoms with van der Waals surface area (Å²) in [7, 11) is 0. The lowest BCUT2D eigenvalue weighted by Gasteiger charge is -2.36. The summed E-state index contributed by atoms with van der Waals surface area (Å²) in [5.41, 5.74) is -0.104. The van der Waals surface area contributed by atoms with Gasteiger partial charge in [0.15, 0.2) is 0 Å². The molecule has 0 spiro atoms. The molecule has 3 N–H and O–H groups in total. The predicted octanol–water partition coefficient (Wildman–Crippen LogP) is 2.88. The molecule has 1 aromatic carbocycles. The van der Waals surface area contributed by atoms with E-state index in [1.165, 1.54) is 13.0 Å². The maximum atomic E-state index is 12.1. The molecular formula is C15H17ClN2O4. The van der Waals surface area contributed by atoms with E-state index in [9.17, 15) is 19.5 Å². The van der Waals surface area contributed by atoms with Crippen molar-refractivity contribution in [1.82, 2.24) is 0 Å². The van der Waals surface area contributed by atoms with Gasteiger partial charge in [-0.15, -0.1) is 0 Å². The number of carbonyl (C=O) groups excluding carboxylic acids is 2. The summed E-state index contributed by atoms with van der Waals surface area (Å²) in [6.45, 7) is 1.38. The molecule has 1 saturated carbocycles. The number of halogens is 1. The number of hydrogen-bond donors (Lipinski definition) is 3. The number of benzene rings is 1. The molecule has 1 aromatic rings. The van der Waals surface area contributed by atoms with Crippen molar-refractivity contribution in [3.63, 3.8) is 0 Å². The highest BCUT2D eigenvalue weighted by atomic mass is 35.5. The molecule has 22 heavy (non-hydrogen) atoms. The lowest BCUT2D eigenvalue weighted by molar-refractivity contribution is -0.157. The van der Waals surface area contributed by atoms with Crippen molar-refractivity contribution in [2.24, 2.45) is 5.41 Å². The number of carboxylic acid groups (broad SMARTS) is 1. The van der Waals surface area contributed by atoms with E-state index >= 15 is 0 Å². The number of hydrogen-bond acceptors (Lipinski definition) is 3. The van der Waals surface area contributed by atoms with E-state index in [1.54, 1.807) is 12.1 Å². The third kappa shape index (κ3) is 3.57. The Morgan fingerprint density at radius 3 is 2.45 bits per heavy atom. The zero-order valence-electron chi connectivity index (χ0n) is 12.1. The number of aliphatic carboxylic acids is 1. The predicted molar refractivity (Wildman–Crippen MR) is 82.9 cm³/mol. The second-order valence-electron chi connectivity index (χ2n) is 5.54. The Morgan fingerprint density at radius 2 is 1.95 bits per heavy atom. The third-order valence-electron chi connectivity index (χ3n) is 3.82. The van der Waals surface area contributed by atoms with Crippen LogP contribution in [0.15, 0.2) is 18.2 Å². The van der Waals surface area contributed by atoms with Crippen LogP contribution in [-0.2, 0) is 14.4 Å². The minimum atomic E-state index is -0.953. The molecule has 1 aliphatic carbocycles. The number of anilines is 2. The van der Waals surface area contributed by atoms with Crippen molar-refractivity contribution >= 4 is 40.8 Å². The Labute approximate surface area is 132 Å². The SMILES string of the molecule is CC(=O)Nc1ccc(Cl)c(NC(=O)CC2(C(=O)O)CCC2)c1. The molecule has 6 nitrogen and oxygen atoms in total. The van der Waals surface area contributed by atoms with Crippen molar-refractivity contribution in [2.45, 2.75) is 32.6 Å². The van der Waals surface area contributed by atoms with Gasteiger partial charge in [0.05, 0.1) is 16.1 Å². The van der Waals surface area contributed by atoms with Gasteiger partial charge in [-0.1, -0.05) is 18.0 Å². The van der Waals surface area contributed by atoms with E-state index in [0.29, 0.717) is 29.2 Å². The van der Waals surface area contributed by atoms with Crippen LogP contribution >= 0.6 is 11.6 Å². The molecule has 0 bridgehead atoms. The minimum absolute atomic E-state index is 0.0803. The molecule has 7 heteroatoms. The Bertz CT molecular complexity index is 626. The smallest absolute Gasteiger partial charge is 0.310 e. The Balaban J connectivity index is 2.08. The maximum absolute atomic E-state index is 12.1. The first-order valence-corrected chi connectivity index (χ1v) is 7.31. The van der Waals surface area contributed by atoms with Crippen molar-refractivity contribution in [2.75, 3.05) is 10.6 Å². The van der Waals surface area contributed by atoms with Crippen LogP contribution in [0, 0.1) is 5.41 Å². The lowest BCUT2D eigenvalue weighted by Crippen LogP contribution is -2.41. The van der Waals surface area contributed by atoms with Crippen LogP contribution < -0.4 is 10.6 Å². The molecule has 0 heterocycles. The Morgan fingerprint density at radius 1 is 1.27 bits per heavy atom. The van der Waals surface area contributed by atoms with Crippen LogP contribution in [0.3, 0.4) is 0 Å². The van der Waals surface area contributed by atoms with Crippen molar-refractivity contribution in [1.29, 1.82) is 0 Å². The molecule has 118 valence electrons. The van der Waals surface area contributed by atoms with Gasteiger partial charge in [0, 0.05) is 19.0 Å². The van der Waals surface area contributed by atoms with Gasteiger partial charge in [-0.3, -0.25) is 14.4 Å². The average molecular weight is 325 g/mol. The first-order chi connectivity index (χ1) is 10.3. The van der Waals surface area contributed by atoms with Crippen LogP contribution in [-0.4, -0.2) is 22.9 Å². The molecule has 0 aliphatic heterocycles. The van der Waals surface area contributed by atoms with E-state index in [0.717, 1.165) is 6.42 Å². The molecule has 1 aliphatic rings. The second kappa shape index (κ2) is 6.36. The third-order valence-corrected chi connectivity index (χ3v) is 4.15. The first kappa shape index (κ1) is 16.3. The second-order valence-corrected chi connectivity index (χ2v) is 5.95. The topological polar surface area (TPSA) is 95.5 Å². The summed E-state index contributed by atoms with van der Waals surface area (Å²) in [5, 5.41) is 14.8. The minimum Gasteiger partial charge on any atom is -0.481 e. The fourth-order valence-corrected chi connectivity index (χ4v) is 2.64. The largest absolute Gasteiger partial charge is 0.481 e. The average Bonchev–Trinajstić information content (AvgIpc) is 2.37. The van der Waals surface area contributed by atoms with Crippen LogP contribution in [0.4, 0.5) is 11.4 Å². The highest BCUT2D eigenvalue weighted by Gasteiger charge is 2.45. The van der Waals surface area contributed by atoms with E-state index in [-0.39, 0.29) is 12.3 Å². The maximum Gasteiger partial charge on any atom is 0.310 e. The summed E-state index contributed by atoms with van der Waals surface area (Å²) in [6, 6.07) is 4.71. The number of nitrogens with one attached hydrogen (secondary N) is 2. The highest BCUT2D eigenvalue weighted by Crippen LogP contribution is 2.44. The molecule has 0 radical (unpaired) electrons. The van der Waals surface area contributed by atoms with E-state index < -0.39 is 17.3 Å². The highest BCUT2D eigenvalue weighted by molar-refractivity contribution is 6.33. The van der Waals surface area contributed by atoms with E-state index in [2.05, 4.69) is 10.6 Å². The molecule has 0 atom stereocenters. The molecule has 0 saturated heterocycles. The zero-order valence-corrected chi connectivity index (χ0v) is 12.9. The van der Waals surface area contributed by atoms with Crippen molar-refractivity contribution in [3.05, 3.63) is 23.2 Å². The van der Waals surface area contributed by atoms with Gasteiger partial charge in [-0.25, -0.2) is 0 Å². The summed E-state index contributed by atoms with van der Waals surface area (Å²) in [6.07, 6.45) is 1.76. The standard InChI is InChI=1S/C15H17ClN2O4/c1-9(19)17-10-3-4-11(16)12(7-10)18-13(20)8-15(14(21)22)5-2-6-15/h3-4,7H,2,5-6,8H2,1H3,(H,17,19)(H,18,20)(H,21,22). The van der Waals surface area contributed by atoms with E-state index in [4.69, 9.17) is 11.6 Å². The van der Waals surface area contributed by atoms with Gasteiger partial charge in [0.25, 0.3) is 0 Å². The summed E-state index contributed by atoms with van der Waals surface area (Å²) >= 11 is 6.01. The fourth-order valence-electron chi connectivity index (χ4n) is 2.47. The number of carbonyl (C=O) groups is 3. The van der Waals surface area contributed by atoms with Gasteiger partial charge in [-0.2, -0.15) is 0 Å². The number of carboxylic acids is 1. The Hall–Kier alpha value is -2.08. The number of amides is 2. The monoisotopic (exact) mass is 324 g/mol. The molecule has 1 fully saturated rings. The summed E-state index contributed by atoms with van der Waals surface area (Å²) in [5.74, 6) is -1.57. The van der Waals surface area contributed by atoms with Crippen LogP contribution in [0.25, 0.3) is 0 Å². The fraction of sp³-hybridized carbons (Fsp3) is 0.400. The van der Waals surface area contributed by atoms with Gasteiger partial charge in [0.2, 0.25) is 11.8 Å². The molecule has 0 aromatic heterocycles. The van der Waals surface area contributed by atoms with Crippen LogP contribution in [0.1, 0.15) is 32.6 Å². The lowest BCUT2D eigenvalue weighted by atomic mass is 9.66. The zero-order chi connectivity index (χ0) is 16.3.